The Balaban J connectivity index is 2.05. The van der Waals surface area contributed by atoms with Crippen molar-refractivity contribution in [3.8, 4) is 0 Å². The molecule has 0 saturated carbocycles. The average molecular weight is 276 g/mol. The van der Waals surface area contributed by atoms with Gasteiger partial charge in [-0.3, -0.25) is 0 Å². The lowest BCUT2D eigenvalue weighted by molar-refractivity contribution is 0.127. The Bertz CT molecular complexity index is 189. The summed E-state index contributed by atoms with van der Waals surface area (Å²) in [5.74, 6) is 0.796. The SMILES string of the molecule is CCN(CC)CCCN1CCN(CCCCl)CC1. The van der Waals surface area contributed by atoms with Crippen LogP contribution in [0.5, 0.6) is 0 Å². The lowest BCUT2D eigenvalue weighted by atomic mass is 10.2. The quantitative estimate of drug-likeness (QED) is 0.596. The maximum Gasteiger partial charge on any atom is 0.0235 e. The number of rotatable bonds is 9. The fourth-order valence-electron chi connectivity index (χ4n) is 2.58. The molecule has 0 aromatic rings. The van der Waals surface area contributed by atoms with E-state index in [-0.39, 0.29) is 0 Å². The first-order valence-electron chi connectivity index (χ1n) is 7.53. The molecule has 0 bridgehead atoms. The van der Waals surface area contributed by atoms with E-state index < -0.39 is 0 Å². The predicted molar refractivity (Wildman–Crippen MR) is 80.6 cm³/mol. The highest BCUT2D eigenvalue weighted by atomic mass is 35.5. The summed E-state index contributed by atoms with van der Waals surface area (Å²) < 4.78 is 0. The van der Waals surface area contributed by atoms with Gasteiger partial charge in [-0.05, 0) is 45.6 Å². The number of halogens is 1. The molecule has 0 N–H and O–H groups in total. The molecule has 0 amide bonds. The Morgan fingerprint density at radius 2 is 1.39 bits per heavy atom. The summed E-state index contributed by atoms with van der Waals surface area (Å²) in [5, 5.41) is 0. The first-order chi connectivity index (χ1) is 8.80. The molecule has 1 rings (SSSR count). The van der Waals surface area contributed by atoms with Crippen LogP contribution in [0.3, 0.4) is 0 Å². The van der Waals surface area contributed by atoms with Gasteiger partial charge in [-0.15, -0.1) is 11.6 Å². The lowest BCUT2D eigenvalue weighted by Crippen LogP contribution is -2.47. The molecule has 1 heterocycles. The molecule has 0 aromatic carbocycles. The number of piperazine rings is 1. The van der Waals surface area contributed by atoms with Gasteiger partial charge in [-0.2, -0.15) is 0 Å². The fraction of sp³-hybridized carbons (Fsp3) is 1.00. The Kier molecular flexibility index (Phi) is 9.03. The van der Waals surface area contributed by atoms with Crippen LogP contribution in [0.25, 0.3) is 0 Å². The molecule has 0 atom stereocenters. The molecule has 0 aromatic heterocycles. The molecule has 1 fully saturated rings. The molecule has 1 aliphatic heterocycles. The summed E-state index contributed by atoms with van der Waals surface area (Å²) in [4.78, 5) is 7.67. The van der Waals surface area contributed by atoms with Gasteiger partial charge < -0.3 is 14.7 Å². The van der Waals surface area contributed by atoms with Crippen molar-refractivity contribution in [3.63, 3.8) is 0 Å². The second-order valence-electron chi connectivity index (χ2n) is 5.11. The van der Waals surface area contributed by atoms with Crippen molar-refractivity contribution < 1.29 is 0 Å². The minimum Gasteiger partial charge on any atom is -0.304 e. The Labute approximate surface area is 118 Å². The molecule has 1 saturated heterocycles. The Morgan fingerprint density at radius 3 is 1.83 bits per heavy atom. The topological polar surface area (TPSA) is 9.72 Å². The van der Waals surface area contributed by atoms with Crippen LogP contribution < -0.4 is 0 Å². The standard InChI is InChI=1S/C14H30ClN3/c1-3-16(4-2)9-6-10-18-13-11-17(12-14-18)8-5-7-15/h3-14H2,1-2H3. The van der Waals surface area contributed by atoms with Crippen molar-refractivity contribution in [1.82, 2.24) is 14.7 Å². The van der Waals surface area contributed by atoms with Gasteiger partial charge in [0.25, 0.3) is 0 Å². The summed E-state index contributed by atoms with van der Waals surface area (Å²) in [6, 6.07) is 0. The summed E-state index contributed by atoms with van der Waals surface area (Å²) >= 11 is 5.73. The van der Waals surface area contributed by atoms with Gasteiger partial charge in [0.05, 0.1) is 0 Å². The Hall–Kier alpha value is 0.170. The average Bonchev–Trinajstić information content (AvgIpc) is 2.42. The van der Waals surface area contributed by atoms with Crippen molar-refractivity contribution in [2.75, 3.05) is 64.8 Å². The molecule has 108 valence electrons. The molecule has 18 heavy (non-hydrogen) atoms. The van der Waals surface area contributed by atoms with Gasteiger partial charge >= 0.3 is 0 Å². The summed E-state index contributed by atoms with van der Waals surface area (Å²) in [6.45, 7) is 15.5. The predicted octanol–water partition coefficient (Wildman–Crippen LogP) is 1.96. The second kappa shape index (κ2) is 10.0. The van der Waals surface area contributed by atoms with Crippen molar-refractivity contribution in [1.29, 1.82) is 0 Å². The van der Waals surface area contributed by atoms with E-state index in [9.17, 15) is 0 Å². The largest absolute Gasteiger partial charge is 0.304 e. The molecular formula is C14H30ClN3. The van der Waals surface area contributed by atoms with Crippen LogP contribution in [-0.4, -0.2) is 79.5 Å². The smallest absolute Gasteiger partial charge is 0.0235 e. The van der Waals surface area contributed by atoms with Crippen LogP contribution in [0.2, 0.25) is 0 Å². The van der Waals surface area contributed by atoms with E-state index in [2.05, 4.69) is 28.5 Å². The molecule has 4 heteroatoms. The minimum absolute atomic E-state index is 0.796. The number of hydrogen-bond donors (Lipinski definition) is 0. The van der Waals surface area contributed by atoms with Crippen LogP contribution in [-0.2, 0) is 0 Å². The fourth-order valence-corrected chi connectivity index (χ4v) is 2.70. The zero-order valence-corrected chi connectivity index (χ0v) is 13.0. The van der Waals surface area contributed by atoms with E-state index in [1.54, 1.807) is 0 Å². The van der Waals surface area contributed by atoms with E-state index in [0.717, 1.165) is 12.3 Å². The van der Waals surface area contributed by atoms with Crippen LogP contribution >= 0.6 is 11.6 Å². The number of nitrogens with zero attached hydrogens (tertiary/aromatic N) is 3. The van der Waals surface area contributed by atoms with E-state index >= 15 is 0 Å². The minimum atomic E-state index is 0.796. The van der Waals surface area contributed by atoms with E-state index in [1.165, 1.54) is 65.3 Å². The van der Waals surface area contributed by atoms with Crippen LogP contribution in [0, 0.1) is 0 Å². The van der Waals surface area contributed by atoms with Crippen LogP contribution in [0.4, 0.5) is 0 Å². The van der Waals surface area contributed by atoms with Gasteiger partial charge in [0.1, 0.15) is 0 Å². The first-order valence-corrected chi connectivity index (χ1v) is 8.06. The van der Waals surface area contributed by atoms with Crippen molar-refractivity contribution >= 4 is 11.6 Å². The van der Waals surface area contributed by atoms with Gasteiger partial charge in [-0.25, -0.2) is 0 Å². The molecule has 3 nitrogen and oxygen atoms in total. The summed E-state index contributed by atoms with van der Waals surface area (Å²) in [7, 11) is 0. The van der Waals surface area contributed by atoms with Crippen molar-refractivity contribution in [2.24, 2.45) is 0 Å². The third kappa shape index (κ3) is 6.37. The molecule has 1 aliphatic rings. The highest BCUT2D eigenvalue weighted by Gasteiger charge is 2.15. The van der Waals surface area contributed by atoms with Gasteiger partial charge in [0, 0.05) is 32.1 Å². The third-order valence-corrected chi connectivity index (χ3v) is 4.18. The summed E-state index contributed by atoms with van der Waals surface area (Å²) in [5.41, 5.74) is 0. The van der Waals surface area contributed by atoms with Gasteiger partial charge in [0.2, 0.25) is 0 Å². The Morgan fingerprint density at radius 1 is 0.889 bits per heavy atom. The third-order valence-electron chi connectivity index (χ3n) is 3.92. The first kappa shape index (κ1) is 16.2. The van der Waals surface area contributed by atoms with Gasteiger partial charge in [-0.1, -0.05) is 13.8 Å². The van der Waals surface area contributed by atoms with E-state index in [0.29, 0.717) is 0 Å². The lowest BCUT2D eigenvalue weighted by Gasteiger charge is -2.35. The second-order valence-corrected chi connectivity index (χ2v) is 5.48. The maximum atomic E-state index is 5.73. The molecular weight excluding hydrogens is 246 g/mol. The van der Waals surface area contributed by atoms with Crippen LogP contribution in [0.15, 0.2) is 0 Å². The number of alkyl halides is 1. The highest BCUT2D eigenvalue weighted by molar-refractivity contribution is 6.17. The highest BCUT2D eigenvalue weighted by Crippen LogP contribution is 2.04. The monoisotopic (exact) mass is 275 g/mol. The zero-order valence-electron chi connectivity index (χ0n) is 12.2. The molecule has 0 spiro atoms. The molecule has 0 unspecified atom stereocenters. The number of hydrogen-bond acceptors (Lipinski definition) is 3. The van der Waals surface area contributed by atoms with E-state index in [4.69, 9.17) is 11.6 Å². The van der Waals surface area contributed by atoms with Gasteiger partial charge in [0.15, 0.2) is 0 Å². The summed E-state index contributed by atoms with van der Waals surface area (Å²) in [6.07, 6.45) is 2.44. The zero-order chi connectivity index (χ0) is 13.2. The van der Waals surface area contributed by atoms with E-state index in [1.807, 2.05) is 0 Å². The normalized spacial score (nSPS) is 18.7. The maximum absolute atomic E-state index is 5.73. The van der Waals surface area contributed by atoms with Crippen molar-refractivity contribution in [2.45, 2.75) is 26.7 Å². The molecule has 0 aliphatic carbocycles. The van der Waals surface area contributed by atoms with Crippen LogP contribution in [0.1, 0.15) is 26.7 Å². The van der Waals surface area contributed by atoms with Crippen molar-refractivity contribution in [3.05, 3.63) is 0 Å². The molecule has 0 radical (unpaired) electrons.